The van der Waals surface area contributed by atoms with Crippen molar-refractivity contribution in [2.24, 2.45) is 0 Å². The molecule has 0 bridgehead atoms. The van der Waals surface area contributed by atoms with Crippen molar-refractivity contribution in [3.8, 4) is 11.4 Å². The first-order valence-corrected chi connectivity index (χ1v) is 5.98. The molecule has 1 aliphatic heterocycles. The first-order chi connectivity index (χ1) is 8.75. The third-order valence-electron chi connectivity index (χ3n) is 3.20. The lowest BCUT2D eigenvalue weighted by Gasteiger charge is -2.17. The lowest BCUT2D eigenvalue weighted by atomic mass is 10.00. The number of aromatic nitrogens is 3. The molecule has 5 heteroatoms. The van der Waals surface area contributed by atoms with E-state index >= 15 is 0 Å². The summed E-state index contributed by atoms with van der Waals surface area (Å²) >= 11 is 0. The van der Waals surface area contributed by atoms with Gasteiger partial charge in [-0.1, -0.05) is 30.3 Å². The van der Waals surface area contributed by atoms with Gasteiger partial charge in [0, 0.05) is 12.1 Å². The monoisotopic (exact) mass is 243 g/mol. The van der Waals surface area contributed by atoms with Gasteiger partial charge in [0.25, 0.3) is 0 Å². The summed E-state index contributed by atoms with van der Waals surface area (Å²) in [4.78, 5) is 15.6. The number of carbonyl (C=O) groups is 1. The number of carboxylic acids is 1. The average molecular weight is 243 g/mol. The summed E-state index contributed by atoms with van der Waals surface area (Å²) in [5.41, 5.74) is 0.920. The van der Waals surface area contributed by atoms with Crippen LogP contribution in [0.15, 0.2) is 30.3 Å². The van der Waals surface area contributed by atoms with Crippen LogP contribution in [0.4, 0.5) is 0 Å². The van der Waals surface area contributed by atoms with Crippen molar-refractivity contribution in [3.63, 3.8) is 0 Å². The fraction of sp³-hybridized carbons (Fsp3) is 0.308. The largest absolute Gasteiger partial charge is 0.481 e. The van der Waals surface area contributed by atoms with Gasteiger partial charge in [0.15, 0.2) is 5.82 Å². The van der Waals surface area contributed by atoms with Gasteiger partial charge in [-0.3, -0.25) is 4.79 Å². The number of hydrogen-bond acceptors (Lipinski definition) is 3. The zero-order valence-corrected chi connectivity index (χ0v) is 9.78. The van der Waals surface area contributed by atoms with E-state index in [2.05, 4.69) is 10.1 Å². The molecule has 0 amide bonds. The standard InChI is InChI=1S/C13H13N3O2/c17-13(18)10-7-4-8-16-12(10)14-11(15-16)9-5-2-1-3-6-9/h1-3,5-6,10H,4,7-8H2,(H,17,18). The molecule has 1 aromatic carbocycles. The summed E-state index contributed by atoms with van der Waals surface area (Å²) in [7, 11) is 0. The van der Waals surface area contributed by atoms with E-state index in [4.69, 9.17) is 0 Å². The number of aliphatic carboxylic acids is 1. The first kappa shape index (κ1) is 11.0. The van der Waals surface area contributed by atoms with Crippen LogP contribution in [0, 0.1) is 0 Å². The molecular formula is C13H13N3O2. The van der Waals surface area contributed by atoms with Gasteiger partial charge in [-0.25, -0.2) is 9.67 Å². The van der Waals surface area contributed by atoms with E-state index in [1.54, 1.807) is 4.68 Å². The van der Waals surface area contributed by atoms with E-state index in [1.165, 1.54) is 0 Å². The molecule has 1 aromatic heterocycles. The van der Waals surface area contributed by atoms with Crippen molar-refractivity contribution in [2.75, 3.05) is 0 Å². The van der Waals surface area contributed by atoms with Gasteiger partial charge in [0.2, 0.25) is 0 Å². The maximum atomic E-state index is 11.2. The normalized spacial score (nSPS) is 18.3. The van der Waals surface area contributed by atoms with Crippen LogP contribution in [0.5, 0.6) is 0 Å². The van der Waals surface area contributed by atoms with Crippen molar-refractivity contribution in [1.82, 2.24) is 14.8 Å². The minimum absolute atomic E-state index is 0.524. The molecule has 18 heavy (non-hydrogen) atoms. The second-order valence-corrected chi connectivity index (χ2v) is 4.42. The van der Waals surface area contributed by atoms with Crippen molar-refractivity contribution in [2.45, 2.75) is 25.3 Å². The molecule has 0 saturated heterocycles. The number of benzene rings is 1. The smallest absolute Gasteiger partial charge is 0.314 e. The van der Waals surface area contributed by atoms with Crippen LogP contribution in [0.2, 0.25) is 0 Å². The second-order valence-electron chi connectivity index (χ2n) is 4.42. The maximum Gasteiger partial charge on any atom is 0.314 e. The summed E-state index contributed by atoms with van der Waals surface area (Å²) in [5.74, 6) is -0.155. The fourth-order valence-electron chi connectivity index (χ4n) is 2.29. The lowest BCUT2D eigenvalue weighted by molar-refractivity contribution is -0.139. The Bertz CT molecular complexity index is 577. The van der Waals surface area contributed by atoms with Gasteiger partial charge >= 0.3 is 5.97 Å². The Kier molecular flexibility index (Phi) is 2.59. The predicted molar refractivity (Wildman–Crippen MR) is 65.1 cm³/mol. The second kappa shape index (κ2) is 4.25. The van der Waals surface area contributed by atoms with Gasteiger partial charge in [-0.2, -0.15) is 5.10 Å². The van der Waals surface area contributed by atoms with Crippen LogP contribution in [-0.4, -0.2) is 25.8 Å². The fourth-order valence-corrected chi connectivity index (χ4v) is 2.29. The minimum atomic E-state index is -0.817. The van der Waals surface area contributed by atoms with Crippen LogP contribution < -0.4 is 0 Å². The zero-order chi connectivity index (χ0) is 12.5. The number of aryl methyl sites for hydroxylation is 1. The Hall–Kier alpha value is -2.17. The summed E-state index contributed by atoms with van der Waals surface area (Å²) in [6.07, 6.45) is 1.48. The summed E-state index contributed by atoms with van der Waals surface area (Å²) in [6, 6.07) is 9.63. The maximum absolute atomic E-state index is 11.2. The SMILES string of the molecule is O=C(O)C1CCCn2nc(-c3ccccc3)nc21. The molecule has 0 saturated carbocycles. The molecule has 2 aromatic rings. The number of carboxylic acid groups (broad SMARTS) is 1. The van der Waals surface area contributed by atoms with Gasteiger partial charge in [-0.15, -0.1) is 0 Å². The lowest BCUT2D eigenvalue weighted by Crippen LogP contribution is -2.22. The van der Waals surface area contributed by atoms with E-state index in [9.17, 15) is 9.90 Å². The number of rotatable bonds is 2. The highest BCUT2D eigenvalue weighted by molar-refractivity contribution is 5.75. The van der Waals surface area contributed by atoms with Crippen LogP contribution in [0.3, 0.4) is 0 Å². The zero-order valence-electron chi connectivity index (χ0n) is 9.78. The molecule has 0 aliphatic carbocycles. The highest BCUT2D eigenvalue weighted by atomic mass is 16.4. The van der Waals surface area contributed by atoms with E-state index in [0.717, 1.165) is 18.5 Å². The van der Waals surface area contributed by atoms with Gasteiger partial charge in [0.1, 0.15) is 11.7 Å². The molecule has 1 atom stereocenters. The predicted octanol–water partition coefficient (Wildman–Crippen LogP) is 1.91. The Balaban J connectivity index is 2.04. The van der Waals surface area contributed by atoms with E-state index < -0.39 is 11.9 Å². The first-order valence-electron chi connectivity index (χ1n) is 5.98. The average Bonchev–Trinajstić information content (AvgIpc) is 2.83. The molecule has 92 valence electrons. The Morgan fingerprint density at radius 1 is 1.33 bits per heavy atom. The van der Waals surface area contributed by atoms with E-state index in [-0.39, 0.29) is 0 Å². The van der Waals surface area contributed by atoms with Crippen LogP contribution in [0.25, 0.3) is 11.4 Å². The summed E-state index contributed by atoms with van der Waals surface area (Å²) in [5, 5.41) is 13.6. The van der Waals surface area contributed by atoms with Crippen LogP contribution >= 0.6 is 0 Å². The quantitative estimate of drug-likeness (QED) is 0.874. The van der Waals surface area contributed by atoms with Crippen molar-refractivity contribution >= 4 is 5.97 Å². The molecule has 1 unspecified atom stereocenters. The van der Waals surface area contributed by atoms with Crippen LogP contribution in [0.1, 0.15) is 24.6 Å². The van der Waals surface area contributed by atoms with Gasteiger partial charge in [0.05, 0.1) is 0 Å². The van der Waals surface area contributed by atoms with E-state index in [1.807, 2.05) is 30.3 Å². The van der Waals surface area contributed by atoms with Crippen molar-refractivity contribution < 1.29 is 9.90 Å². The Morgan fingerprint density at radius 2 is 2.11 bits per heavy atom. The molecule has 2 heterocycles. The number of hydrogen-bond donors (Lipinski definition) is 1. The molecule has 0 spiro atoms. The summed E-state index contributed by atoms with van der Waals surface area (Å²) in [6.45, 7) is 0.749. The van der Waals surface area contributed by atoms with Crippen molar-refractivity contribution in [3.05, 3.63) is 36.2 Å². The van der Waals surface area contributed by atoms with E-state index in [0.29, 0.717) is 18.1 Å². The molecular weight excluding hydrogens is 230 g/mol. The number of nitrogens with zero attached hydrogens (tertiary/aromatic N) is 3. The van der Waals surface area contributed by atoms with Crippen LogP contribution in [-0.2, 0) is 11.3 Å². The molecule has 0 radical (unpaired) electrons. The highest BCUT2D eigenvalue weighted by Crippen LogP contribution is 2.27. The molecule has 0 fully saturated rings. The molecule has 3 rings (SSSR count). The molecule has 5 nitrogen and oxygen atoms in total. The Labute approximate surface area is 104 Å². The Morgan fingerprint density at radius 3 is 2.83 bits per heavy atom. The number of fused-ring (bicyclic) bond motifs is 1. The molecule has 1 aliphatic rings. The highest BCUT2D eigenvalue weighted by Gasteiger charge is 2.29. The van der Waals surface area contributed by atoms with Crippen molar-refractivity contribution in [1.29, 1.82) is 0 Å². The third kappa shape index (κ3) is 1.77. The minimum Gasteiger partial charge on any atom is -0.481 e. The summed E-state index contributed by atoms with van der Waals surface area (Å²) < 4.78 is 1.73. The molecule has 1 N–H and O–H groups in total. The van der Waals surface area contributed by atoms with Gasteiger partial charge < -0.3 is 5.11 Å². The van der Waals surface area contributed by atoms with Gasteiger partial charge in [-0.05, 0) is 12.8 Å². The topological polar surface area (TPSA) is 68.0 Å². The third-order valence-corrected chi connectivity index (χ3v) is 3.20.